The van der Waals surface area contributed by atoms with Gasteiger partial charge in [0.15, 0.2) is 0 Å². The molecule has 1 aliphatic rings. The Morgan fingerprint density at radius 3 is 2.53 bits per heavy atom. The number of allylic oxidation sites excluding steroid dienone is 2. The molecule has 0 saturated carbocycles. The van der Waals surface area contributed by atoms with Crippen LogP contribution in [0.25, 0.3) is 0 Å². The first-order valence-electron chi connectivity index (χ1n) is 5.41. The number of rotatable bonds is 4. The number of nitrogens with zero attached hydrogens (tertiary/aromatic N) is 3. The molecule has 84 valence electrons. The molecule has 3 nitrogen and oxygen atoms in total. The van der Waals surface area contributed by atoms with Crippen LogP contribution < -0.4 is 0 Å². The Morgan fingerprint density at radius 1 is 1.33 bits per heavy atom. The largest absolute Gasteiger partial charge is 0.304 e. The van der Waals surface area contributed by atoms with Gasteiger partial charge >= 0.3 is 0 Å². The summed E-state index contributed by atoms with van der Waals surface area (Å²) in [6, 6.07) is 0. The van der Waals surface area contributed by atoms with E-state index in [9.17, 15) is 0 Å². The summed E-state index contributed by atoms with van der Waals surface area (Å²) in [5, 5.41) is 0. The molecule has 0 aliphatic carbocycles. The Morgan fingerprint density at radius 2 is 2.00 bits per heavy atom. The van der Waals surface area contributed by atoms with Gasteiger partial charge in [0.1, 0.15) is 0 Å². The van der Waals surface area contributed by atoms with E-state index in [1.165, 1.54) is 5.57 Å². The van der Waals surface area contributed by atoms with Crippen molar-refractivity contribution in [1.29, 1.82) is 0 Å². The maximum Gasteiger partial charge on any atom is 0.0277 e. The Hall–Kier alpha value is -0.930. The first kappa shape index (κ1) is 12.1. The highest BCUT2D eigenvalue weighted by molar-refractivity contribution is 5.79. The Kier molecular flexibility index (Phi) is 5.29. The SMILES string of the molecule is C=C/C=C(\C=NC)CN1CCN(C)CC1. The zero-order valence-corrected chi connectivity index (χ0v) is 9.82. The van der Waals surface area contributed by atoms with Crippen molar-refractivity contribution in [3.05, 3.63) is 24.3 Å². The van der Waals surface area contributed by atoms with Crippen molar-refractivity contribution in [3.63, 3.8) is 0 Å². The van der Waals surface area contributed by atoms with E-state index in [2.05, 4.69) is 28.4 Å². The summed E-state index contributed by atoms with van der Waals surface area (Å²) in [5.74, 6) is 0. The molecule has 0 amide bonds. The molecule has 0 aromatic heterocycles. The van der Waals surface area contributed by atoms with E-state index in [0.717, 1.165) is 32.7 Å². The highest BCUT2D eigenvalue weighted by atomic mass is 15.2. The van der Waals surface area contributed by atoms with Crippen molar-refractivity contribution >= 4 is 6.21 Å². The zero-order chi connectivity index (χ0) is 11.1. The van der Waals surface area contributed by atoms with Crippen molar-refractivity contribution in [2.45, 2.75) is 0 Å². The molecule has 1 heterocycles. The summed E-state index contributed by atoms with van der Waals surface area (Å²) < 4.78 is 0. The standard InChI is InChI=1S/C12H21N3/c1-4-5-12(10-13-2)11-15-8-6-14(3)7-9-15/h4-5,10H,1,6-9,11H2,2-3H3/b12-5+,13-10?. The van der Waals surface area contributed by atoms with Gasteiger partial charge in [0.2, 0.25) is 0 Å². The van der Waals surface area contributed by atoms with Crippen LogP contribution in [0.4, 0.5) is 0 Å². The van der Waals surface area contributed by atoms with Crippen molar-refractivity contribution in [2.24, 2.45) is 4.99 Å². The molecule has 0 aromatic carbocycles. The summed E-state index contributed by atoms with van der Waals surface area (Å²) in [5.41, 5.74) is 1.23. The highest BCUT2D eigenvalue weighted by Gasteiger charge is 2.13. The quantitative estimate of drug-likeness (QED) is 0.507. The summed E-state index contributed by atoms with van der Waals surface area (Å²) >= 11 is 0. The summed E-state index contributed by atoms with van der Waals surface area (Å²) in [7, 11) is 3.98. The van der Waals surface area contributed by atoms with E-state index in [1.807, 2.05) is 18.4 Å². The molecule has 0 bridgehead atoms. The van der Waals surface area contributed by atoms with Gasteiger partial charge in [-0.15, -0.1) is 0 Å². The molecule has 0 radical (unpaired) electrons. The molecular weight excluding hydrogens is 186 g/mol. The van der Waals surface area contributed by atoms with Gasteiger partial charge in [0.25, 0.3) is 0 Å². The van der Waals surface area contributed by atoms with Gasteiger partial charge in [0.05, 0.1) is 0 Å². The highest BCUT2D eigenvalue weighted by Crippen LogP contribution is 2.03. The van der Waals surface area contributed by atoms with Gasteiger partial charge in [0, 0.05) is 46.0 Å². The van der Waals surface area contributed by atoms with Crippen molar-refractivity contribution in [1.82, 2.24) is 9.80 Å². The molecule has 1 saturated heterocycles. The van der Waals surface area contributed by atoms with Gasteiger partial charge in [-0.05, 0) is 12.6 Å². The van der Waals surface area contributed by atoms with E-state index >= 15 is 0 Å². The van der Waals surface area contributed by atoms with Crippen LogP contribution in [0, 0.1) is 0 Å². The zero-order valence-electron chi connectivity index (χ0n) is 9.82. The lowest BCUT2D eigenvalue weighted by Gasteiger charge is -2.32. The summed E-state index contributed by atoms with van der Waals surface area (Å²) in [6.07, 6.45) is 5.78. The second-order valence-corrected chi connectivity index (χ2v) is 3.94. The minimum Gasteiger partial charge on any atom is -0.304 e. The fourth-order valence-electron chi connectivity index (χ4n) is 1.72. The minimum atomic E-state index is 0.983. The van der Waals surface area contributed by atoms with Gasteiger partial charge in [-0.2, -0.15) is 0 Å². The lowest BCUT2D eigenvalue weighted by Crippen LogP contribution is -2.45. The fourth-order valence-corrected chi connectivity index (χ4v) is 1.72. The Bertz CT molecular complexity index is 248. The molecule has 1 rings (SSSR count). The number of hydrogen-bond acceptors (Lipinski definition) is 3. The average Bonchev–Trinajstić information content (AvgIpc) is 2.22. The van der Waals surface area contributed by atoms with Crippen LogP contribution in [0.1, 0.15) is 0 Å². The molecule has 0 unspecified atom stereocenters. The van der Waals surface area contributed by atoms with E-state index in [1.54, 1.807) is 7.05 Å². The van der Waals surface area contributed by atoms with Crippen LogP contribution in [0.2, 0.25) is 0 Å². The van der Waals surface area contributed by atoms with Crippen LogP contribution in [0.5, 0.6) is 0 Å². The number of piperazine rings is 1. The number of aliphatic imine (C=N–C) groups is 1. The molecule has 0 N–H and O–H groups in total. The van der Waals surface area contributed by atoms with Crippen LogP contribution in [0.15, 0.2) is 29.3 Å². The maximum atomic E-state index is 4.06. The molecule has 3 heteroatoms. The second kappa shape index (κ2) is 6.53. The van der Waals surface area contributed by atoms with Crippen LogP contribution in [0.3, 0.4) is 0 Å². The first-order chi connectivity index (χ1) is 7.26. The molecular formula is C12H21N3. The van der Waals surface area contributed by atoms with Gasteiger partial charge in [-0.3, -0.25) is 9.89 Å². The topological polar surface area (TPSA) is 18.8 Å². The second-order valence-electron chi connectivity index (χ2n) is 3.94. The van der Waals surface area contributed by atoms with Crippen LogP contribution in [-0.2, 0) is 0 Å². The molecule has 0 aromatic rings. The maximum absolute atomic E-state index is 4.06. The van der Waals surface area contributed by atoms with Crippen LogP contribution >= 0.6 is 0 Å². The van der Waals surface area contributed by atoms with E-state index in [0.29, 0.717) is 0 Å². The van der Waals surface area contributed by atoms with Gasteiger partial charge < -0.3 is 4.90 Å². The summed E-state index contributed by atoms with van der Waals surface area (Å²) in [6.45, 7) is 9.30. The molecule has 0 atom stereocenters. The van der Waals surface area contributed by atoms with Crippen LogP contribution in [-0.4, -0.2) is 62.8 Å². The number of likely N-dealkylation sites (N-methyl/N-ethyl adjacent to an activating group) is 1. The lowest BCUT2D eigenvalue weighted by molar-refractivity contribution is 0.165. The lowest BCUT2D eigenvalue weighted by atomic mass is 10.2. The normalized spacial score (nSPS) is 21.1. The fraction of sp³-hybridized carbons (Fsp3) is 0.583. The summed E-state index contributed by atoms with van der Waals surface area (Å²) in [4.78, 5) is 8.87. The first-order valence-corrected chi connectivity index (χ1v) is 5.41. The number of hydrogen-bond donors (Lipinski definition) is 0. The molecule has 1 fully saturated rings. The molecule has 1 aliphatic heterocycles. The third kappa shape index (κ3) is 4.40. The predicted octanol–water partition coefficient (Wildman–Crippen LogP) is 1.05. The van der Waals surface area contributed by atoms with Crippen molar-refractivity contribution in [2.75, 3.05) is 46.8 Å². The Labute approximate surface area is 92.8 Å². The van der Waals surface area contributed by atoms with Crippen molar-refractivity contribution in [3.8, 4) is 0 Å². The van der Waals surface area contributed by atoms with Gasteiger partial charge in [-0.25, -0.2) is 0 Å². The average molecular weight is 207 g/mol. The van der Waals surface area contributed by atoms with Gasteiger partial charge in [-0.1, -0.05) is 18.7 Å². The third-order valence-electron chi connectivity index (χ3n) is 2.63. The molecule has 15 heavy (non-hydrogen) atoms. The van der Waals surface area contributed by atoms with Crippen molar-refractivity contribution < 1.29 is 0 Å². The monoisotopic (exact) mass is 207 g/mol. The minimum absolute atomic E-state index is 0.983. The predicted molar refractivity (Wildman–Crippen MR) is 66.6 cm³/mol. The van der Waals surface area contributed by atoms with E-state index in [-0.39, 0.29) is 0 Å². The molecule has 0 spiro atoms. The third-order valence-corrected chi connectivity index (χ3v) is 2.63. The smallest absolute Gasteiger partial charge is 0.0277 e. The van der Waals surface area contributed by atoms with E-state index < -0.39 is 0 Å². The Balaban J connectivity index is 2.44. The van der Waals surface area contributed by atoms with E-state index in [4.69, 9.17) is 0 Å².